The Morgan fingerprint density at radius 2 is 1.72 bits per heavy atom. The van der Waals surface area contributed by atoms with Gasteiger partial charge in [0.25, 0.3) is 0 Å². The molecule has 0 spiro atoms. The first kappa shape index (κ1) is 17.3. The minimum atomic E-state index is -0.811. The fraction of sp³-hybridized carbons (Fsp3) is 0.190. The molecular weight excluding hydrogens is 314 g/mol. The van der Waals surface area contributed by atoms with Gasteiger partial charge in [-0.1, -0.05) is 54.6 Å². The molecular formula is C21H21NO3. The van der Waals surface area contributed by atoms with E-state index in [1.165, 1.54) is 0 Å². The summed E-state index contributed by atoms with van der Waals surface area (Å²) in [5, 5.41) is 20.4. The van der Waals surface area contributed by atoms with Crippen LogP contribution >= 0.6 is 0 Å². The number of aliphatic hydroxyl groups is 2. The van der Waals surface area contributed by atoms with Crippen LogP contribution in [0.15, 0.2) is 72.9 Å². The van der Waals surface area contributed by atoms with Crippen molar-refractivity contribution in [3.8, 4) is 11.3 Å². The van der Waals surface area contributed by atoms with Crippen molar-refractivity contribution in [2.75, 3.05) is 6.61 Å². The van der Waals surface area contributed by atoms with Gasteiger partial charge in [-0.05, 0) is 28.8 Å². The molecule has 0 radical (unpaired) electrons. The standard InChI is InChI=1S/C21H21NO3/c23-13-19-17(20-11-4-5-12-22-20)9-6-10-18(19)21(24)15-25-14-16-7-2-1-3-8-16/h1-12,21,23-24H,13-15H2. The lowest BCUT2D eigenvalue weighted by molar-refractivity contribution is 0.0268. The van der Waals surface area contributed by atoms with Crippen molar-refractivity contribution in [2.45, 2.75) is 19.3 Å². The van der Waals surface area contributed by atoms with E-state index >= 15 is 0 Å². The zero-order chi connectivity index (χ0) is 17.5. The van der Waals surface area contributed by atoms with Crippen LogP contribution in [0.1, 0.15) is 22.8 Å². The third kappa shape index (κ3) is 4.31. The van der Waals surface area contributed by atoms with Crippen LogP contribution in [0, 0.1) is 0 Å². The van der Waals surface area contributed by atoms with Crippen LogP contribution in [0.25, 0.3) is 11.3 Å². The summed E-state index contributed by atoms with van der Waals surface area (Å²) in [6.07, 6.45) is 0.900. The first-order valence-electron chi connectivity index (χ1n) is 8.23. The van der Waals surface area contributed by atoms with E-state index in [4.69, 9.17) is 4.74 Å². The highest BCUT2D eigenvalue weighted by Crippen LogP contribution is 2.28. The third-order valence-corrected chi connectivity index (χ3v) is 4.06. The molecule has 1 unspecified atom stereocenters. The van der Waals surface area contributed by atoms with Crippen LogP contribution in [0.3, 0.4) is 0 Å². The molecule has 2 aromatic carbocycles. The van der Waals surface area contributed by atoms with E-state index in [1.807, 2.05) is 66.7 Å². The van der Waals surface area contributed by atoms with Crippen LogP contribution in [0.5, 0.6) is 0 Å². The second-order valence-corrected chi connectivity index (χ2v) is 5.76. The summed E-state index contributed by atoms with van der Waals surface area (Å²) in [5.41, 5.74) is 3.99. The second-order valence-electron chi connectivity index (χ2n) is 5.76. The van der Waals surface area contributed by atoms with Crippen molar-refractivity contribution in [3.05, 3.63) is 89.6 Å². The molecule has 25 heavy (non-hydrogen) atoms. The smallest absolute Gasteiger partial charge is 0.103 e. The number of aliphatic hydroxyl groups excluding tert-OH is 2. The lowest BCUT2D eigenvalue weighted by Gasteiger charge is -2.18. The Labute approximate surface area is 147 Å². The van der Waals surface area contributed by atoms with Gasteiger partial charge in [0.1, 0.15) is 6.10 Å². The molecule has 0 aliphatic rings. The van der Waals surface area contributed by atoms with Crippen LogP contribution in [-0.4, -0.2) is 21.8 Å². The minimum Gasteiger partial charge on any atom is -0.392 e. The van der Waals surface area contributed by atoms with Gasteiger partial charge >= 0.3 is 0 Å². The number of benzene rings is 2. The summed E-state index contributed by atoms with van der Waals surface area (Å²) in [4.78, 5) is 4.34. The molecule has 1 heterocycles. The zero-order valence-electron chi connectivity index (χ0n) is 13.9. The number of hydrogen-bond acceptors (Lipinski definition) is 4. The molecule has 4 heteroatoms. The highest BCUT2D eigenvalue weighted by Gasteiger charge is 2.16. The van der Waals surface area contributed by atoms with Gasteiger partial charge in [-0.3, -0.25) is 4.98 Å². The van der Waals surface area contributed by atoms with E-state index in [0.717, 1.165) is 16.8 Å². The van der Waals surface area contributed by atoms with E-state index in [2.05, 4.69) is 4.98 Å². The summed E-state index contributed by atoms with van der Waals surface area (Å²) < 4.78 is 5.63. The highest BCUT2D eigenvalue weighted by molar-refractivity contribution is 5.65. The van der Waals surface area contributed by atoms with Gasteiger partial charge in [-0.15, -0.1) is 0 Å². The first-order valence-corrected chi connectivity index (χ1v) is 8.23. The Hall–Kier alpha value is -2.53. The molecule has 3 aromatic rings. The first-order chi connectivity index (χ1) is 12.3. The number of aromatic nitrogens is 1. The Kier molecular flexibility index (Phi) is 5.90. The van der Waals surface area contributed by atoms with Crippen LogP contribution in [0.4, 0.5) is 0 Å². The van der Waals surface area contributed by atoms with Crippen molar-refractivity contribution in [2.24, 2.45) is 0 Å². The molecule has 1 atom stereocenters. The molecule has 2 N–H and O–H groups in total. The van der Waals surface area contributed by atoms with Crippen molar-refractivity contribution in [1.29, 1.82) is 0 Å². The number of hydrogen-bond donors (Lipinski definition) is 2. The largest absolute Gasteiger partial charge is 0.392 e. The highest BCUT2D eigenvalue weighted by atomic mass is 16.5. The molecule has 128 valence electrons. The molecule has 0 saturated carbocycles. The van der Waals surface area contributed by atoms with Gasteiger partial charge < -0.3 is 14.9 Å². The maximum Gasteiger partial charge on any atom is 0.103 e. The normalized spacial score (nSPS) is 12.1. The maximum atomic E-state index is 10.5. The number of ether oxygens (including phenoxy) is 1. The summed E-state index contributed by atoms with van der Waals surface area (Å²) in [5.74, 6) is 0. The molecule has 0 fully saturated rings. The van der Waals surface area contributed by atoms with Crippen LogP contribution in [0.2, 0.25) is 0 Å². The number of pyridine rings is 1. The minimum absolute atomic E-state index is 0.160. The van der Waals surface area contributed by atoms with Gasteiger partial charge in [0.05, 0.1) is 25.5 Å². The van der Waals surface area contributed by atoms with Crippen LogP contribution in [-0.2, 0) is 18.0 Å². The lowest BCUT2D eigenvalue weighted by atomic mass is 9.95. The second kappa shape index (κ2) is 8.53. The van der Waals surface area contributed by atoms with Crippen molar-refractivity contribution in [1.82, 2.24) is 4.98 Å². The molecule has 0 saturated heterocycles. The molecule has 0 bridgehead atoms. The molecule has 3 rings (SSSR count). The third-order valence-electron chi connectivity index (χ3n) is 4.06. The average Bonchev–Trinajstić information content (AvgIpc) is 2.68. The van der Waals surface area contributed by atoms with E-state index in [1.54, 1.807) is 6.20 Å². The Balaban J connectivity index is 1.75. The fourth-order valence-electron chi connectivity index (χ4n) is 2.81. The van der Waals surface area contributed by atoms with Crippen molar-refractivity contribution >= 4 is 0 Å². The SMILES string of the molecule is OCc1c(-c2ccccn2)cccc1C(O)COCc1ccccc1. The Morgan fingerprint density at radius 3 is 2.44 bits per heavy atom. The molecule has 0 amide bonds. The van der Waals surface area contributed by atoms with Gasteiger partial charge in [0.15, 0.2) is 0 Å². The van der Waals surface area contributed by atoms with Gasteiger partial charge in [-0.25, -0.2) is 0 Å². The van der Waals surface area contributed by atoms with Gasteiger partial charge in [0, 0.05) is 11.8 Å². The Morgan fingerprint density at radius 1 is 0.920 bits per heavy atom. The van der Waals surface area contributed by atoms with E-state index in [-0.39, 0.29) is 13.2 Å². The van der Waals surface area contributed by atoms with Gasteiger partial charge in [-0.2, -0.15) is 0 Å². The monoisotopic (exact) mass is 335 g/mol. The fourth-order valence-corrected chi connectivity index (χ4v) is 2.81. The average molecular weight is 335 g/mol. The number of rotatable bonds is 7. The van der Waals surface area contributed by atoms with Crippen LogP contribution < -0.4 is 0 Å². The molecule has 0 aliphatic carbocycles. The quantitative estimate of drug-likeness (QED) is 0.694. The van der Waals surface area contributed by atoms with E-state index in [9.17, 15) is 10.2 Å². The summed E-state index contributed by atoms with van der Waals surface area (Å²) in [6.45, 7) is 0.428. The van der Waals surface area contributed by atoms with Crippen molar-refractivity contribution < 1.29 is 14.9 Å². The number of nitrogens with zero attached hydrogens (tertiary/aromatic N) is 1. The molecule has 0 aliphatic heterocycles. The maximum absolute atomic E-state index is 10.5. The lowest BCUT2D eigenvalue weighted by Crippen LogP contribution is -2.11. The molecule has 4 nitrogen and oxygen atoms in total. The topological polar surface area (TPSA) is 62.6 Å². The van der Waals surface area contributed by atoms with Crippen molar-refractivity contribution in [3.63, 3.8) is 0 Å². The Bertz CT molecular complexity index is 791. The summed E-state index contributed by atoms with van der Waals surface area (Å²) in [7, 11) is 0. The zero-order valence-corrected chi connectivity index (χ0v) is 13.9. The van der Waals surface area contributed by atoms with Gasteiger partial charge in [0.2, 0.25) is 0 Å². The van der Waals surface area contributed by atoms with E-state index < -0.39 is 6.10 Å². The summed E-state index contributed by atoms with van der Waals surface area (Å²) >= 11 is 0. The predicted octanol–water partition coefficient (Wildman–Crippen LogP) is 3.49. The molecule has 1 aromatic heterocycles. The predicted molar refractivity (Wildman–Crippen MR) is 96.7 cm³/mol. The van der Waals surface area contributed by atoms with E-state index in [0.29, 0.717) is 17.7 Å². The summed E-state index contributed by atoms with van der Waals surface area (Å²) in [6, 6.07) is 21.0.